The summed E-state index contributed by atoms with van der Waals surface area (Å²) in [5.41, 5.74) is 4.56. The number of carbonyl (C=O) groups is 2. The highest BCUT2D eigenvalue weighted by molar-refractivity contribution is 5.94. The minimum Gasteiger partial charge on any atom is -0.470 e. The number of imidazole rings is 1. The number of ether oxygens (including phenoxy) is 3. The number of carbonyl (C=O) groups excluding carboxylic acids is 2. The third-order valence-corrected chi connectivity index (χ3v) is 5.78. The number of nitrogens with one attached hydrogen (secondary N) is 2. The Kier molecular flexibility index (Phi) is 6.46. The maximum absolute atomic E-state index is 12.1. The zero-order valence-corrected chi connectivity index (χ0v) is 19.7. The number of hydrogen-bond acceptors (Lipinski definition) is 8. The van der Waals surface area contributed by atoms with Crippen molar-refractivity contribution in [2.75, 3.05) is 32.7 Å². The van der Waals surface area contributed by atoms with E-state index in [2.05, 4.69) is 25.3 Å². The van der Waals surface area contributed by atoms with Crippen molar-refractivity contribution < 1.29 is 23.8 Å². The molecule has 0 bridgehead atoms. The minimum absolute atomic E-state index is 0.126. The Balaban J connectivity index is 1.57. The van der Waals surface area contributed by atoms with Crippen LogP contribution in [0, 0.1) is 0 Å². The third kappa shape index (κ3) is 4.68. The summed E-state index contributed by atoms with van der Waals surface area (Å²) in [6, 6.07) is 10.9. The van der Waals surface area contributed by atoms with Crippen LogP contribution in [0.5, 0.6) is 5.88 Å². The average Bonchev–Trinajstić information content (AvgIpc) is 3.58. The van der Waals surface area contributed by atoms with Gasteiger partial charge in [0.1, 0.15) is 6.10 Å². The van der Waals surface area contributed by atoms with Crippen molar-refractivity contribution in [1.82, 2.24) is 24.9 Å². The lowest BCUT2D eigenvalue weighted by Crippen LogP contribution is -2.18. The van der Waals surface area contributed by atoms with Crippen molar-refractivity contribution in [1.29, 1.82) is 0 Å². The molecule has 36 heavy (non-hydrogen) atoms. The molecule has 2 N–H and O–H groups in total. The number of rotatable bonds is 6. The Morgan fingerprint density at radius 1 is 1.11 bits per heavy atom. The zero-order valence-electron chi connectivity index (χ0n) is 19.7. The Morgan fingerprint density at radius 3 is 2.67 bits per heavy atom. The topological polar surface area (TPSA) is 129 Å². The van der Waals surface area contributed by atoms with Gasteiger partial charge in [-0.3, -0.25) is 15.1 Å². The molecule has 1 aliphatic heterocycles. The van der Waals surface area contributed by atoms with E-state index in [0.29, 0.717) is 47.2 Å². The lowest BCUT2D eigenvalue weighted by Gasteiger charge is -2.16. The number of methoxy groups -OCH3 is 1. The van der Waals surface area contributed by atoms with Crippen LogP contribution in [-0.4, -0.2) is 65.1 Å². The van der Waals surface area contributed by atoms with Crippen molar-refractivity contribution in [2.45, 2.75) is 12.5 Å². The summed E-state index contributed by atoms with van der Waals surface area (Å²) in [6.45, 7) is 1.11. The quantitative estimate of drug-likeness (QED) is 0.423. The SMILES string of the molecule is CNC(=O)c1cncc(-c2cnc3cc(-c4ccc(NC(=O)OC)cc4)c(OC4CCOC4)nn23)c1. The summed E-state index contributed by atoms with van der Waals surface area (Å²) in [6.07, 6.45) is 4.93. The number of aromatic nitrogens is 4. The van der Waals surface area contributed by atoms with Crippen LogP contribution in [0.2, 0.25) is 0 Å². The largest absolute Gasteiger partial charge is 0.470 e. The number of pyridine rings is 1. The first-order valence-electron chi connectivity index (χ1n) is 11.3. The molecule has 0 radical (unpaired) electrons. The molecule has 1 aliphatic rings. The summed E-state index contributed by atoms with van der Waals surface area (Å²) in [5, 5.41) is 10.0. The molecule has 3 aromatic heterocycles. The van der Waals surface area contributed by atoms with E-state index in [4.69, 9.17) is 14.6 Å². The number of benzene rings is 1. The Labute approximate surface area is 206 Å². The van der Waals surface area contributed by atoms with Gasteiger partial charge >= 0.3 is 6.09 Å². The highest BCUT2D eigenvalue weighted by Gasteiger charge is 2.22. The summed E-state index contributed by atoms with van der Waals surface area (Å²) < 4.78 is 18.1. The molecular formula is C25H24N6O5. The molecule has 11 nitrogen and oxygen atoms in total. The van der Waals surface area contributed by atoms with Gasteiger partial charge in [0.05, 0.1) is 37.8 Å². The fourth-order valence-electron chi connectivity index (χ4n) is 3.90. The first-order chi connectivity index (χ1) is 17.6. The van der Waals surface area contributed by atoms with Crippen molar-refractivity contribution in [3.8, 4) is 28.3 Å². The highest BCUT2D eigenvalue weighted by Crippen LogP contribution is 2.33. The normalized spacial score (nSPS) is 15.0. The molecule has 5 rings (SSSR count). The van der Waals surface area contributed by atoms with E-state index in [-0.39, 0.29) is 12.0 Å². The summed E-state index contributed by atoms with van der Waals surface area (Å²) >= 11 is 0. The molecule has 1 saturated heterocycles. The summed E-state index contributed by atoms with van der Waals surface area (Å²) in [5.74, 6) is 0.185. The lowest BCUT2D eigenvalue weighted by atomic mass is 10.1. The monoisotopic (exact) mass is 488 g/mol. The number of amides is 2. The molecule has 0 aliphatic carbocycles. The summed E-state index contributed by atoms with van der Waals surface area (Å²) in [4.78, 5) is 32.3. The molecule has 0 saturated carbocycles. The van der Waals surface area contributed by atoms with Gasteiger partial charge in [-0.15, -0.1) is 5.10 Å². The predicted molar refractivity (Wildman–Crippen MR) is 131 cm³/mol. The number of fused-ring (bicyclic) bond motifs is 1. The minimum atomic E-state index is -0.545. The highest BCUT2D eigenvalue weighted by atomic mass is 16.6. The fourth-order valence-corrected chi connectivity index (χ4v) is 3.90. The van der Waals surface area contributed by atoms with E-state index in [9.17, 15) is 9.59 Å². The van der Waals surface area contributed by atoms with Crippen molar-refractivity contribution in [3.63, 3.8) is 0 Å². The first kappa shape index (κ1) is 23.2. The molecule has 0 spiro atoms. The number of hydrogen-bond donors (Lipinski definition) is 2. The first-order valence-corrected chi connectivity index (χ1v) is 11.3. The molecule has 1 aromatic carbocycles. The van der Waals surface area contributed by atoms with Crippen LogP contribution in [0.1, 0.15) is 16.8 Å². The van der Waals surface area contributed by atoms with E-state index in [1.165, 1.54) is 13.3 Å². The van der Waals surface area contributed by atoms with E-state index < -0.39 is 6.09 Å². The molecule has 1 fully saturated rings. The molecule has 1 unspecified atom stereocenters. The average molecular weight is 489 g/mol. The van der Waals surface area contributed by atoms with Crippen LogP contribution in [0.25, 0.3) is 28.0 Å². The molecule has 2 amide bonds. The Bertz CT molecular complexity index is 1410. The maximum atomic E-state index is 12.1. The zero-order chi connectivity index (χ0) is 25.1. The van der Waals surface area contributed by atoms with Crippen LogP contribution < -0.4 is 15.4 Å². The van der Waals surface area contributed by atoms with Crippen LogP contribution in [0.3, 0.4) is 0 Å². The van der Waals surface area contributed by atoms with Gasteiger partial charge in [-0.2, -0.15) is 0 Å². The lowest BCUT2D eigenvalue weighted by molar-refractivity contribution is 0.0962. The third-order valence-electron chi connectivity index (χ3n) is 5.78. The standard InChI is InChI=1S/C25H24N6O5/c1-26-23(32)17-9-16(11-27-12-17)21-13-28-22-10-20(15-3-5-18(6-4-15)29-25(33)34-2)24(30-31(21)22)36-19-7-8-35-14-19/h3-6,9-13,19H,7-8,14H2,1-2H3,(H,26,32)(H,29,33). The maximum Gasteiger partial charge on any atom is 0.411 e. The summed E-state index contributed by atoms with van der Waals surface area (Å²) in [7, 11) is 2.88. The number of nitrogens with zero attached hydrogens (tertiary/aromatic N) is 4. The van der Waals surface area contributed by atoms with Gasteiger partial charge in [-0.1, -0.05) is 12.1 Å². The van der Waals surface area contributed by atoms with Gasteiger partial charge in [0, 0.05) is 42.7 Å². The molecule has 4 heterocycles. The van der Waals surface area contributed by atoms with Gasteiger partial charge in [-0.25, -0.2) is 14.3 Å². The van der Waals surface area contributed by atoms with Crippen LogP contribution in [0.4, 0.5) is 10.5 Å². The molecule has 184 valence electrons. The van der Waals surface area contributed by atoms with Gasteiger partial charge in [0.2, 0.25) is 5.88 Å². The van der Waals surface area contributed by atoms with Gasteiger partial charge in [0.15, 0.2) is 5.65 Å². The molecule has 1 atom stereocenters. The van der Waals surface area contributed by atoms with Gasteiger partial charge < -0.3 is 19.5 Å². The molecule has 11 heteroatoms. The molecule has 4 aromatic rings. The molecular weight excluding hydrogens is 464 g/mol. The van der Waals surface area contributed by atoms with Crippen LogP contribution >= 0.6 is 0 Å². The van der Waals surface area contributed by atoms with Crippen LogP contribution in [-0.2, 0) is 9.47 Å². The second-order valence-electron chi connectivity index (χ2n) is 8.12. The van der Waals surface area contributed by atoms with E-state index in [1.54, 1.807) is 42.2 Å². The predicted octanol–water partition coefficient (Wildman–Crippen LogP) is 3.16. The van der Waals surface area contributed by atoms with Crippen LogP contribution in [0.15, 0.2) is 55.0 Å². The van der Waals surface area contributed by atoms with E-state index in [1.807, 2.05) is 18.2 Å². The second kappa shape index (κ2) is 10.0. The second-order valence-corrected chi connectivity index (χ2v) is 8.12. The van der Waals surface area contributed by atoms with E-state index >= 15 is 0 Å². The van der Waals surface area contributed by atoms with Gasteiger partial charge in [-0.05, 0) is 29.8 Å². The smallest absolute Gasteiger partial charge is 0.411 e. The van der Waals surface area contributed by atoms with Crippen molar-refractivity contribution in [2.24, 2.45) is 0 Å². The number of anilines is 1. The van der Waals surface area contributed by atoms with E-state index in [0.717, 1.165) is 17.5 Å². The van der Waals surface area contributed by atoms with Crippen molar-refractivity contribution >= 4 is 23.3 Å². The Hall–Kier alpha value is -4.51. The van der Waals surface area contributed by atoms with Crippen molar-refractivity contribution in [3.05, 3.63) is 60.6 Å². The van der Waals surface area contributed by atoms with Gasteiger partial charge in [0.25, 0.3) is 5.91 Å². The Morgan fingerprint density at radius 2 is 1.94 bits per heavy atom. The fraction of sp³-hybridized carbons (Fsp3) is 0.240.